The fourth-order valence-corrected chi connectivity index (χ4v) is 3.79. The molecule has 0 bridgehead atoms. The number of primary amides is 1. The van der Waals surface area contributed by atoms with Gasteiger partial charge in [-0.3, -0.25) is 19.3 Å². The minimum atomic E-state index is -1.05. The number of hydrogen-bond donors (Lipinski definition) is 2. The van der Waals surface area contributed by atoms with Gasteiger partial charge in [0.2, 0.25) is 5.78 Å². The molecule has 0 saturated carbocycles. The van der Waals surface area contributed by atoms with Crippen LogP contribution in [0.1, 0.15) is 40.4 Å². The highest BCUT2D eigenvalue weighted by Crippen LogP contribution is 2.16. The van der Waals surface area contributed by atoms with Gasteiger partial charge in [0.25, 0.3) is 11.8 Å². The Morgan fingerprint density at radius 1 is 0.971 bits per heavy atom. The summed E-state index contributed by atoms with van der Waals surface area (Å²) >= 11 is 0. The minimum Gasteiger partial charge on any atom is -0.363 e. The number of nitrogens with one attached hydrogen (secondary N) is 1. The van der Waals surface area contributed by atoms with Crippen LogP contribution in [-0.2, 0) is 16.1 Å². The molecule has 35 heavy (non-hydrogen) atoms. The number of nitrogens with zero attached hydrogens (tertiary/aromatic N) is 2. The Labute approximate surface area is 219 Å². The highest BCUT2D eigenvalue weighted by atomic mass is 35.5. The highest BCUT2D eigenvalue weighted by Gasteiger charge is 2.24. The SMILES string of the molecule is CCC(NC(=O)c1ccccc1/C=C/c1ccc(CN2CCN(C)CC2)cc1)C(=O)C(N)=O.Cl.Cl. The van der Waals surface area contributed by atoms with Crippen LogP contribution in [0, 0.1) is 0 Å². The number of ketones is 1. The molecule has 2 aromatic rings. The van der Waals surface area contributed by atoms with Crippen LogP contribution < -0.4 is 11.1 Å². The first kappa shape index (κ1) is 30.3. The van der Waals surface area contributed by atoms with Gasteiger partial charge in [0.05, 0.1) is 6.04 Å². The van der Waals surface area contributed by atoms with E-state index < -0.39 is 23.6 Å². The van der Waals surface area contributed by atoms with Crippen molar-refractivity contribution in [2.75, 3.05) is 33.2 Å². The molecule has 1 atom stereocenters. The largest absolute Gasteiger partial charge is 0.363 e. The minimum absolute atomic E-state index is 0. The number of rotatable bonds is 9. The molecule has 0 aliphatic carbocycles. The lowest BCUT2D eigenvalue weighted by atomic mass is 10.0. The molecule has 190 valence electrons. The van der Waals surface area contributed by atoms with Gasteiger partial charge in [-0.2, -0.15) is 0 Å². The average molecular weight is 521 g/mol. The highest BCUT2D eigenvalue weighted by molar-refractivity contribution is 6.38. The smallest absolute Gasteiger partial charge is 0.287 e. The van der Waals surface area contributed by atoms with E-state index in [0.717, 1.165) is 43.9 Å². The van der Waals surface area contributed by atoms with Gasteiger partial charge < -0.3 is 16.0 Å². The molecule has 1 aliphatic rings. The Morgan fingerprint density at radius 2 is 1.60 bits per heavy atom. The van der Waals surface area contributed by atoms with Crippen LogP contribution in [0.3, 0.4) is 0 Å². The summed E-state index contributed by atoms with van der Waals surface area (Å²) in [5.41, 5.74) is 8.54. The fourth-order valence-electron chi connectivity index (χ4n) is 3.79. The third-order valence-corrected chi connectivity index (χ3v) is 5.92. The van der Waals surface area contributed by atoms with Crippen molar-refractivity contribution >= 4 is 54.6 Å². The zero-order valence-electron chi connectivity index (χ0n) is 20.1. The van der Waals surface area contributed by atoms with Crippen molar-refractivity contribution in [2.45, 2.75) is 25.9 Å². The van der Waals surface area contributed by atoms with E-state index in [4.69, 9.17) is 5.73 Å². The predicted molar refractivity (Wildman–Crippen MR) is 145 cm³/mol. The van der Waals surface area contributed by atoms with Crippen LogP contribution in [0.4, 0.5) is 0 Å². The van der Waals surface area contributed by atoms with Gasteiger partial charge in [-0.15, -0.1) is 24.8 Å². The standard InChI is InChI=1S/C26H32N4O3.2ClH/c1-3-23(24(31)25(27)32)28-26(33)22-7-5-4-6-21(22)13-12-19-8-10-20(11-9-19)18-30-16-14-29(2)15-17-30;;/h4-13,23H,3,14-18H2,1-2H3,(H2,27,32)(H,28,33);2*1H/b13-12+;;. The molecule has 1 aliphatic heterocycles. The molecular weight excluding hydrogens is 487 g/mol. The van der Waals surface area contributed by atoms with Gasteiger partial charge in [0.15, 0.2) is 0 Å². The Kier molecular flexibility index (Phi) is 12.7. The van der Waals surface area contributed by atoms with E-state index in [1.54, 1.807) is 19.1 Å². The summed E-state index contributed by atoms with van der Waals surface area (Å²) in [6, 6.07) is 14.6. The Hall–Kier alpha value is -2.71. The first-order chi connectivity index (χ1) is 15.9. The van der Waals surface area contributed by atoms with Gasteiger partial charge in [0.1, 0.15) is 0 Å². The van der Waals surface area contributed by atoms with E-state index in [1.807, 2.05) is 24.3 Å². The maximum atomic E-state index is 12.8. The van der Waals surface area contributed by atoms with E-state index in [2.05, 4.69) is 46.4 Å². The normalized spacial score (nSPS) is 15.0. The second-order valence-electron chi connectivity index (χ2n) is 8.40. The quantitative estimate of drug-likeness (QED) is 0.391. The molecule has 0 aromatic heterocycles. The summed E-state index contributed by atoms with van der Waals surface area (Å²) in [7, 11) is 2.16. The third-order valence-electron chi connectivity index (χ3n) is 5.92. The molecule has 1 saturated heterocycles. The summed E-state index contributed by atoms with van der Waals surface area (Å²) in [6.07, 6.45) is 4.12. The van der Waals surface area contributed by atoms with Gasteiger partial charge in [-0.25, -0.2) is 0 Å². The first-order valence-corrected chi connectivity index (χ1v) is 11.3. The molecule has 0 radical (unpaired) electrons. The van der Waals surface area contributed by atoms with Crippen molar-refractivity contribution < 1.29 is 14.4 Å². The summed E-state index contributed by atoms with van der Waals surface area (Å²) in [5, 5.41) is 2.62. The molecule has 3 N–H and O–H groups in total. The molecule has 1 heterocycles. The van der Waals surface area contributed by atoms with E-state index >= 15 is 0 Å². The number of likely N-dealkylation sites (N-methyl/N-ethyl adjacent to an activating group) is 1. The fraction of sp³-hybridized carbons (Fsp3) is 0.346. The Bertz CT molecular complexity index is 1020. The van der Waals surface area contributed by atoms with Crippen molar-refractivity contribution in [1.82, 2.24) is 15.1 Å². The summed E-state index contributed by atoms with van der Waals surface area (Å²) in [4.78, 5) is 40.7. The van der Waals surface area contributed by atoms with E-state index in [9.17, 15) is 14.4 Å². The number of nitrogens with two attached hydrogens (primary N) is 1. The molecule has 3 rings (SSSR count). The van der Waals surface area contributed by atoms with Crippen LogP contribution in [0.25, 0.3) is 12.2 Å². The van der Waals surface area contributed by atoms with Crippen molar-refractivity contribution in [3.05, 3.63) is 70.8 Å². The number of hydrogen-bond acceptors (Lipinski definition) is 5. The topological polar surface area (TPSA) is 95.7 Å². The lowest BCUT2D eigenvalue weighted by Crippen LogP contribution is -2.45. The molecule has 2 aromatic carbocycles. The second kappa shape index (κ2) is 14.6. The van der Waals surface area contributed by atoms with E-state index in [-0.39, 0.29) is 31.2 Å². The average Bonchev–Trinajstić information content (AvgIpc) is 2.83. The molecule has 7 nitrogen and oxygen atoms in total. The van der Waals surface area contributed by atoms with Crippen molar-refractivity contribution in [2.24, 2.45) is 5.73 Å². The molecule has 1 fully saturated rings. The summed E-state index contributed by atoms with van der Waals surface area (Å²) < 4.78 is 0. The number of halogens is 2. The van der Waals surface area contributed by atoms with Crippen LogP contribution in [-0.4, -0.2) is 66.7 Å². The van der Waals surface area contributed by atoms with E-state index in [1.165, 1.54) is 5.56 Å². The summed E-state index contributed by atoms with van der Waals surface area (Å²) in [5.74, 6) is -2.26. The summed E-state index contributed by atoms with van der Waals surface area (Å²) in [6.45, 7) is 7.03. The molecule has 0 spiro atoms. The number of piperazine rings is 1. The number of carbonyl (C=O) groups excluding carboxylic acids is 3. The van der Waals surface area contributed by atoms with Gasteiger partial charge in [-0.05, 0) is 36.2 Å². The second-order valence-corrected chi connectivity index (χ2v) is 8.40. The monoisotopic (exact) mass is 520 g/mol. The molecule has 9 heteroatoms. The predicted octanol–water partition coefficient (Wildman–Crippen LogP) is 3.01. The molecule has 2 amide bonds. The molecule has 1 unspecified atom stereocenters. The first-order valence-electron chi connectivity index (χ1n) is 11.3. The van der Waals surface area contributed by atoms with Crippen LogP contribution in [0.5, 0.6) is 0 Å². The number of benzene rings is 2. The van der Waals surface area contributed by atoms with Crippen LogP contribution in [0.15, 0.2) is 48.5 Å². The zero-order valence-corrected chi connectivity index (χ0v) is 21.7. The maximum absolute atomic E-state index is 12.8. The zero-order chi connectivity index (χ0) is 23.8. The van der Waals surface area contributed by atoms with Crippen molar-refractivity contribution in [3.63, 3.8) is 0 Å². The third kappa shape index (κ3) is 8.78. The number of amides is 2. The number of Topliss-reactive ketones (excluding diaryl/α,β-unsaturated/α-hetero) is 1. The lowest BCUT2D eigenvalue weighted by Gasteiger charge is -2.32. The van der Waals surface area contributed by atoms with Crippen LogP contribution >= 0.6 is 24.8 Å². The van der Waals surface area contributed by atoms with Gasteiger partial charge in [-0.1, -0.05) is 61.5 Å². The number of carbonyl (C=O) groups is 3. The maximum Gasteiger partial charge on any atom is 0.287 e. The Morgan fingerprint density at radius 3 is 2.20 bits per heavy atom. The van der Waals surface area contributed by atoms with Gasteiger partial charge >= 0.3 is 0 Å². The van der Waals surface area contributed by atoms with Crippen molar-refractivity contribution in [3.8, 4) is 0 Å². The van der Waals surface area contributed by atoms with Crippen molar-refractivity contribution in [1.29, 1.82) is 0 Å². The van der Waals surface area contributed by atoms with E-state index in [0.29, 0.717) is 5.56 Å². The Balaban J connectivity index is 0.00000306. The van der Waals surface area contributed by atoms with Gasteiger partial charge in [0, 0.05) is 38.3 Å². The van der Waals surface area contributed by atoms with Crippen LogP contribution in [0.2, 0.25) is 0 Å². The molecular formula is C26H34Cl2N4O3. The lowest BCUT2D eigenvalue weighted by molar-refractivity contribution is -0.137.